The number of halogens is 1. The number of ether oxygens (including phenoxy) is 1. The minimum Gasteiger partial charge on any atom is -0.466 e. The van der Waals surface area contributed by atoms with E-state index in [2.05, 4.69) is 10.6 Å². The van der Waals surface area contributed by atoms with Crippen molar-refractivity contribution in [2.45, 2.75) is 32.6 Å². The van der Waals surface area contributed by atoms with Gasteiger partial charge in [0.25, 0.3) is 5.91 Å². The fourth-order valence-electron chi connectivity index (χ4n) is 3.32. The van der Waals surface area contributed by atoms with E-state index in [0.29, 0.717) is 23.4 Å². The highest BCUT2D eigenvalue weighted by Crippen LogP contribution is 2.31. The Balaban J connectivity index is 1.82. The van der Waals surface area contributed by atoms with E-state index in [0.717, 1.165) is 11.1 Å². The molecule has 0 saturated carbocycles. The Labute approximate surface area is 174 Å². The third-order valence-corrected chi connectivity index (χ3v) is 4.89. The van der Waals surface area contributed by atoms with E-state index in [1.54, 1.807) is 25.1 Å². The summed E-state index contributed by atoms with van der Waals surface area (Å²) in [5.74, 6) is -1.80. The summed E-state index contributed by atoms with van der Waals surface area (Å²) in [7, 11) is 0. The number of aryl methyl sites for hydroxylation is 1. The first-order valence-corrected chi connectivity index (χ1v) is 9.68. The van der Waals surface area contributed by atoms with Crippen molar-refractivity contribution in [3.63, 3.8) is 0 Å². The van der Waals surface area contributed by atoms with E-state index in [9.17, 15) is 18.8 Å². The summed E-state index contributed by atoms with van der Waals surface area (Å²) in [5, 5.41) is 5.45. The smallest absolute Gasteiger partial charge is 0.310 e. The molecule has 3 rings (SSSR count). The first-order chi connectivity index (χ1) is 14.4. The van der Waals surface area contributed by atoms with Crippen LogP contribution in [0.3, 0.4) is 0 Å². The molecule has 2 aromatic rings. The lowest BCUT2D eigenvalue weighted by atomic mass is 9.86. The van der Waals surface area contributed by atoms with Gasteiger partial charge >= 0.3 is 5.97 Å². The van der Waals surface area contributed by atoms with Crippen molar-refractivity contribution in [2.75, 3.05) is 11.9 Å². The molecule has 1 aliphatic rings. The van der Waals surface area contributed by atoms with Crippen LogP contribution in [-0.4, -0.2) is 24.4 Å². The Bertz CT molecular complexity index is 999. The zero-order chi connectivity index (χ0) is 21.7. The van der Waals surface area contributed by atoms with Crippen LogP contribution in [0.1, 0.15) is 36.0 Å². The van der Waals surface area contributed by atoms with Gasteiger partial charge in [-0.2, -0.15) is 0 Å². The van der Waals surface area contributed by atoms with E-state index in [-0.39, 0.29) is 36.4 Å². The zero-order valence-corrected chi connectivity index (χ0v) is 16.8. The molecule has 7 heteroatoms. The van der Waals surface area contributed by atoms with Gasteiger partial charge in [0, 0.05) is 29.8 Å². The molecule has 156 valence electrons. The molecule has 0 radical (unpaired) electrons. The maximum Gasteiger partial charge on any atom is 0.310 e. The summed E-state index contributed by atoms with van der Waals surface area (Å²) in [6, 6.07) is 11.1. The van der Waals surface area contributed by atoms with Gasteiger partial charge in [-0.05, 0) is 48.7 Å². The number of nitrogens with one attached hydrogen (secondary N) is 2. The number of hydrogen-bond acceptors (Lipinski definition) is 4. The van der Waals surface area contributed by atoms with Gasteiger partial charge in [0.1, 0.15) is 5.82 Å². The number of rotatable bonds is 6. The van der Waals surface area contributed by atoms with E-state index >= 15 is 0 Å². The fraction of sp³-hybridized carbons (Fsp3) is 0.261. The van der Waals surface area contributed by atoms with Crippen molar-refractivity contribution < 1.29 is 23.5 Å². The van der Waals surface area contributed by atoms with Crippen LogP contribution in [0.2, 0.25) is 0 Å². The number of carbonyl (C=O) groups excluding carboxylic acids is 3. The summed E-state index contributed by atoms with van der Waals surface area (Å²) >= 11 is 0. The van der Waals surface area contributed by atoms with Gasteiger partial charge in [0.2, 0.25) is 5.91 Å². The molecule has 0 bridgehead atoms. The van der Waals surface area contributed by atoms with Crippen LogP contribution >= 0.6 is 0 Å². The van der Waals surface area contributed by atoms with Crippen LogP contribution in [0.15, 0.2) is 54.2 Å². The molecule has 0 aliphatic carbocycles. The maximum atomic E-state index is 13.3. The van der Waals surface area contributed by atoms with Crippen LogP contribution in [0.5, 0.6) is 0 Å². The molecule has 6 nitrogen and oxygen atoms in total. The lowest BCUT2D eigenvalue weighted by Crippen LogP contribution is -2.32. The third kappa shape index (κ3) is 5.11. The van der Waals surface area contributed by atoms with Crippen molar-refractivity contribution in [2.24, 2.45) is 0 Å². The largest absolute Gasteiger partial charge is 0.466 e. The number of carbonyl (C=O) groups is 3. The van der Waals surface area contributed by atoms with E-state index < -0.39 is 5.92 Å². The molecule has 0 saturated heterocycles. The van der Waals surface area contributed by atoms with Crippen molar-refractivity contribution in [1.82, 2.24) is 5.32 Å². The lowest BCUT2D eigenvalue weighted by Gasteiger charge is -2.24. The van der Waals surface area contributed by atoms with Crippen LogP contribution in [0.25, 0.3) is 0 Å². The number of esters is 1. The van der Waals surface area contributed by atoms with Gasteiger partial charge in [-0.15, -0.1) is 0 Å². The summed E-state index contributed by atoms with van der Waals surface area (Å²) in [4.78, 5) is 36.7. The van der Waals surface area contributed by atoms with E-state index in [1.165, 1.54) is 18.3 Å². The van der Waals surface area contributed by atoms with E-state index in [1.807, 2.05) is 19.1 Å². The lowest BCUT2D eigenvalue weighted by molar-refractivity contribution is -0.142. The first kappa shape index (κ1) is 21.2. The normalized spacial score (nSPS) is 15.8. The monoisotopic (exact) mass is 410 g/mol. The van der Waals surface area contributed by atoms with E-state index in [4.69, 9.17) is 4.74 Å². The molecule has 0 aromatic heterocycles. The van der Waals surface area contributed by atoms with Crippen LogP contribution in [-0.2, 0) is 25.5 Å². The third-order valence-electron chi connectivity index (χ3n) is 4.89. The van der Waals surface area contributed by atoms with Gasteiger partial charge in [-0.3, -0.25) is 14.4 Å². The summed E-state index contributed by atoms with van der Waals surface area (Å²) in [5.41, 5.74) is 3.17. The van der Waals surface area contributed by atoms with Crippen molar-refractivity contribution in [1.29, 1.82) is 0 Å². The Morgan fingerprint density at radius 3 is 2.63 bits per heavy atom. The Hall–Kier alpha value is -3.48. The van der Waals surface area contributed by atoms with Gasteiger partial charge in [-0.1, -0.05) is 24.3 Å². The standard InChI is InChI=1S/C23H23FN2O4/c1-3-30-22(28)11-15-5-4-14(2)20(10-15)26-23(29)19-13-25-21(27)12-18(19)16-6-8-17(24)9-7-16/h4-10,13,18H,3,11-12H2,1-2H3,(H,25,27)(H,26,29)/t18-/m0/s1. The predicted molar refractivity (Wildman–Crippen MR) is 110 cm³/mol. The molecule has 30 heavy (non-hydrogen) atoms. The molecule has 1 atom stereocenters. The fourth-order valence-corrected chi connectivity index (χ4v) is 3.32. The molecule has 2 N–H and O–H groups in total. The average molecular weight is 410 g/mol. The van der Waals surface area contributed by atoms with Gasteiger partial charge < -0.3 is 15.4 Å². The molecule has 1 aliphatic heterocycles. The number of amides is 2. The molecule has 2 amide bonds. The second kappa shape index (κ2) is 9.35. The molecule has 0 fully saturated rings. The topological polar surface area (TPSA) is 84.5 Å². The highest BCUT2D eigenvalue weighted by atomic mass is 19.1. The number of hydrogen-bond donors (Lipinski definition) is 2. The SMILES string of the molecule is CCOC(=O)Cc1ccc(C)c(NC(=O)C2=CNC(=O)C[C@H]2c2ccc(F)cc2)c1. The Kier molecular flexibility index (Phi) is 6.61. The zero-order valence-electron chi connectivity index (χ0n) is 16.8. The van der Waals surface area contributed by atoms with Crippen LogP contribution in [0.4, 0.5) is 10.1 Å². The summed E-state index contributed by atoms with van der Waals surface area (Å²) in [6.07, 6.45) is 1.59. The van der Waals surface area contributed by atoms with Crippen molar-refractivity contribution >= 4 is 23.5 Å². The summed E-state index contributed by atoms with van der Waals surface area (Å²) in [6.45, 7) is 3.89. The Morgan fingerprint density at radius 1 is 1.20 bits per heavy atom. The predicted octanol–water partition coefficient (Wildman–Crippen LogP) is 3.37. The molecular weight excluding hydrogens is 387 g/mol. The molecule has 2 aromatic carbocycles. The van der Waals surface area contributed by atoms with Crippen LogP contribution in [0, 0.1) is 12.7 Å². The second-order valence-corrected chi connectivity index (χ2v) is 7.06. The quantitative estimate of drug-likeness (QED) is 0.715. The summed E-state index contributed by atoms with van der Waals surface area (Å²) < 4.78 is 18.3. The molecular formula is C23H23FN2O4. The van der Waals surface area contributed by atoms with Crippen LogP contribution < -0.4 is 10.6 Å². The maximum absolute atomic E-state index is 13.3. The minimum absolute atomic E-state index is 0.0900. The van der Waals surface area contributed by atoms with Crippen molar-refractivity contribution in [3.05, 3.63) is 76.7 Å². The first-order valence-electron chi connectivity index (χ1n) is 9.68. The molecule has 0 spiro atoms. The average Bonchev–Trinajstić information content (AvgIpc) is 2.71. The van der Waals surface area contributed by atoms with Gasteiger partial charge in [-0.25, -0.2) is 4.39 Å². The minimum atomic E-state index is -0.484. The highest BCUT2D eigenvalue weighted by Gasteiger charge is 2.29. The molecule has 0 unspecified atom stereocenters. The second-order valence-electron chi connectivity index (χ2n) is 7.06. The molecule has 1 heterocycles. The van der Waals surface area contributed by atoms with Gasteiger partial charge in [0.15, 0.2) is 0 Å². The highest BCUT2D eigenvalue weighted by molar-refractivity contribution is 6.06. The number of benzene rings is 2. The Morgan fingerprint density at radius 2 is 1.93 bits per heavy atom. The van der Waals surface area contributed by atoms with Gasteiger partial charge in [0.05, 0.1) is 13.0 Å². The van der Waals surface area contributed by atoms with Crippen molar-refractivity contribution in [3.8, 4) is 0 Å². The number of anilines is 1.